The van der Waals surface area contributed by atoms with Crippen LogP contribution in [0.1, 0.15) is 31.1 Å². The number of carbonyl (C=O) groups excluding carboxylic acids is 2. The maximum Gasteiger partial charge on any atom is 0.356 e. The molecule has 1 aromatic carbocycles. The second-order valence-corrected chi connectivity index (χ2v) is 5.53. The Bertz CT molecular complexity index is 665. The van der Waals surface area contributed by atoms with Crippen molar-refractivity contribution in [2.75, 3.05) is 0 Å². The molecule has 8 nitrogen and oxygen atoms in total. The first kappa shape index (κ1) is 17.3. The van der Waals surface area contributed by atoms with Gasteiger partial charge in [-0.25, -0.2) is 4.39 Å². The Morgan fingerprint density at radius 2 is 1.68 bits per heavy atom. The van der Waals surface area contributed by atoms with Gasteiger partial charge in [-0.3, -0.25) is 29.8 Å². The van der Waals surface area contributed by atoms with Crippen LogP contribution in [0.3, 0.4) is 0 Å². The Kier molecular flexibility index (Phi) is 4.70. The van der Waals surface area contributed by atoms with Crippen LogP contribution < -0.4 is 0 Å². The first-order chi connectivity index (χ1) is 9.98. The summed E-state index contributed by atoms with van der Waals surface area (Å²) >= 11 is 0. The topological polar surface area (TPSA) is 120 Å². The summed E-state index contributed by atoms with van der Waals surface area (Å²) in [6.07, 6.45) is -2.62. The molecule has 0 heterocycles. The van der Waals surface area contributed by atoms with Crippen LogP contribution >= 0.6 is 0 Å². The van der Waals surface area contributed by atoms with Crippen LogP contribution in [-0.2, 0) is 4.79 Å². The molecule has 0 aliphatic rings. The van der Waals surface area contributed by atoms with Gasteiger partial charge in [0.2, 0.25) is 12.0 Å². The molecule has 0 saturated carbocycles. The number of benzene rings is 1. The average molecular weight is 312 g/mol. The van der Waals surface area contributed by atoms with E-state index in [1.165, 1.54) is 20.8 Å². The molecule has 0 spiro atoms. The van der Waals surface area contributed by atoms with Crippen molar-refractivity contribution in [3.63, 3.8) is 0 Å². The van der Waals surface area contributed by atoms with Gasteiger partial charge in [0.1, 0.15) is 5.56 Å². The largest absolute Gasteiger partial charge is 0.356 e. The van der Waals surface area contributed by atoms with Gasteiger partial charge in [-0.15, -0.1) is 0 Å². The maximum atomic E-state index is 14.1. The van der Waals surface area contributed by atoms with E-state index in [0.29, 0.717) is 0 Å². The summed E-state index contributed by atoms with van der Waals surface area (Å²) in [6.45, 7) is 4.16. The third-order valence-corrected chi connectivity index (χ3v) is 2.86. The van der Waals surface area contributed by atoms with Crippen LogP contribution in [0.25, 0.3) is 0 Å². The first-order valence-electron chi connectivity index (χ1n) is 6.13. The highest BCUT2D eigenvalue weighted by molar-refractivity contribution is 6.16. The normalized spacial score (nSPS) is 12.5. The number of hydrogen-bond acceptors (Lipinski definition) is 6. The molecular formula is C13H13FN2O6. The van der Waals surface area contributed by atoms with Crippen molar-refractivity contribution in [1.82, 2.24) is 0 Å². The predicted octanol–water partition coefficient (Wildman–Crippen LogP) is 2.64. The third kappa shape index (κ3) is 3.30. The van der Waals surface area contributed by atoms with E-state index in [9.17, 15) is 34.2 Å². The number of nitro groups is 2. The monoisotopic (exact) mass is 312 g/mol. The maximum absolute atomic E-state index is 14.1. The smallest absolute Gasteiger partial charge is 0.295 e. The van der Waals surface area contributed by atoms with E-state index in [4.69, 9.17) is 0 Å². The summed E-state index contributed by atoms with van der Waals surface area (Å²) in [6, 6.07) is 2.73. The molecule has 0 fully saturated rings. The van der Waals surface area contributed by atoms with Gasteiger partial charge in [0.25, 0.3) is 0 Å². The second-order valence-electron chi connectivity index (χ2n) is 5.53. The fraction of sp³-hybridized carbons (Fsp3) is 0.385. The fourth-order valence-corrected chi connectivity index (χ4v) is 1.71. The zero-order valence-corrected chi connectivity index (χ0v) is 12.0. The van der Waals surface area contributed by atoms with Crippen molar-refractivity contribution in [2.45, 2.75) is 26.9 Å². The molecule has 0 aromatic heterocycles. The molecule has 0 aliphatic heterocycles. The van der Waals surface area contributed by atoms with Gasteiger partial charge in [-0.2, -0.15) is 0 Å². The molecule has 0 aliphatic carbocycles. The highest BCUT2D eigenvalue weighted by Crippen LogP contribution is 2.32. The SMILES string of the molecule is CC(C)(C)C(=O)C(F)C(=O)c1cccc([N+](=O)[O-])c1[N+](=O)[O-]. The number of para-hydroxylation sites is 1. The first-order valence-corrected chi connectivity index (χ1v) is 6.13. The van der Waals surface area contributed by atoms with E-state index in [2.05, 4.69) is 0 Å². The molecule has 1 rings (SSSR count). The molecular weight excluding hydrogens is 299 g/mol. The summed E-state index contributed by atoms with van der Waals surface area (Å²) in [5.74, 6) is -2.52. The lowest BCUT2D eigenvalue weighted by molar-refractivity contribution is -0.422. The molecule has 0 amide bonds. The van der Waals surface area contributed by atoms with Crippen molar-refractivity contribution in [3.8, 4) is 0 Å². The molecule has 1 aromatic rings. The van der Waals surface area contributed by atoms with Crippen molar-refractivity contribution in [2.24, 2.45) is 5.41 Å². The Morgan fingerprint density at radius 1 is 1.14 bits per heavy atom. The van der Waals surface area contributed by atoms with E-state index < -0.39 is 49.9 Å². The van der Waals surface area contributed by atoms with Crippen LogP contribution in [-0.4, -0.2) is 27.6 Å². The molecule has 0 radical (unpaired) electrons. The van der Waals surface area contributed by atoms with E-state index in [1.807, 2.05) is 0 Å². The lowest BCUT2D eigenvalue weighted by Crippen LogP contribution is -2.35. The van der Waals surface area contributed by atoms with E-state index >= 15 is 0 Å². The van der Waals surface area contributed by atoms with Gasteiger partial charge >= 0.3 is 11.4 Å². The lowest BCUT2D eigenvalue weighted by atomic mass is 9.85. The highest BCUT2D eigenvalue weighted by Gasteiger charge is 2.40. The van der Waals surface area contributed by atoms with E-state index in [-0.39, 0.29) is 0 Å². The number of nitrogens with zero attached hydrogens (tertiary/aromatic N) is 2. The summed E-state index contributed by atoms with van der Waals surface area (Å²) in [5.41, 5.74) is -4.04. The molecule has 0 saturated heterocycles. The van der Waals surface area contributed by atoms with Crippen LogP contribution in [0.5, 0.6) is 0 Å². The average Bonchev–Trinajstić information content (AvgIpc) is 2.42. The molecule has 118 valence electrons. The van der Waals surface area contributed by atoms with E-state index in [0.717, 1.165) is 18.2 Å². The van der Waals surface area contributed by atoms with Crippen LogP contribution in [0.4, 0.5) is 15.8 Å². The minimum Gasteiger partial charge on any atom is -0.295 e. The third-order valence-electron chi connectivity index (χ3n) is 2.86. The number of hydrogen-bond donors (Lipinski definition) is 0. The van der Waals surface area contributed by atoms with Gasteiger partial charge in [0.05, 0.1) is 9.85 Å². The van der Waals surface area contributed by atoms with Crippen LogP contribution in [0, 0.1) is 25.6 Å². The molecule has 9 heteroatoms. The molecule has 1 atom stereocenters. The molecule has 1 unspecified atom stereocenters. The lowest BCUT2D eigenvalue weighted by Gasteiger charge is -2.18. The van der Waals surface area contributed by atoms with Crippen molar-refractivity contribution in [3.05, 3.63) is 44.0 Å². The van der Waals surface area contributed by atoms with Gasteiger partial charge in [0, 0.05) is 11.5 Å². The number of Topliss-reactive ketones (excluding diaryl/α,β-unsaturated/α-hetero) is 2. The number of nitro benzene ring substituents is 2. The predicted molar refractivity (Wildman–Crippen MR) is 73.4 cm³/mol. The zero-order chi connectivity index (χ0) is 17.2. The second kappa shape index (κ2) is 5.96. The minimum absolute atomic E-state index is 0.802. The quantitative estimate of drug-likeness (QED) is 0.356. The Labute approximate surface area is 124 Å². The number of alkyl halides is 1. The van der Waals surface area contributed by atoms with Crippen LogP contribution in [0.2, 0.25) is 0 Å². The number of ketones is 2. The zero-order valence-electron chi connectivity index (χ0n) is 12.0. The Morgan fingerprint density at radius 3 is 2.09 bits per heavy atom. The number of rotatable bonds is 5. The summed E-state index contributed by atoms with van der Waals surface area (Å²) in [5, 5.41) is 21.8. The van der Waals surface area contributed by atoms with Gasteiger partial charge in [-0.1, -0.05) is 26.8 Å². The standard InChI is InChI=1S/C13H13FN2O6/c1-13(2,3)12(18)9(14)11(17)7-5-4-6-8(15(19)20)10(7)16(21)22/h4-6,9H,1-3H3. The van der Waals surface area contributed by atoms with Gasteiger partial charge in [0.15, 0.2) is 5.78 Å². The van der Waals surface area contributed by atoms with Crippen LogP contribution in [0.15, 0.2) is 18.2 Å². The minimum atomic E-state index is -2.62. The molecule has 0 N–H and O–H groups in total. The molecule has 0 bridgehead atoms. The highest BCUT2D eigenvalue weighted by atomic mass is 19.1. The molecule has 22 heavy (non-hydrogen) atoms. The van der Waals surface area contributed by atoms with Gasteiger partial charge < -0.3 is 0 Å². The van der Waals surface area contributed by atoms with Crippen molar-refractivity contribution >= 4 is 22.9 Å². The Balaban J connectivity index is 3.41. The van der Waals surface area contributed by atoms with Crippen molar-refractivity contribution in [1.29, 1.82) is 0 Å². The summed E-state index contributed by atoms with van der Waals surface area (Å²) in [4.78, 5) is 43.4. The summed E-state index contributed by atoms with van der Waals surface area (Å²) in [7, 11) is 0. The number of halogens is 1. The number of carbonyl (C=O) groups is 2. The fourth-order valence-electron chi connectivity index (χ4n) is 1.71. The van der Waals surface area contributed by atoms with Gasteiger partial charge in [-0.05, 0) is 6.07 Å². The summed E-state index contributed by atoms with van der Waals surface area (Å²) < 4.78 is 14.1. The van der Waals surface area contributed by atoms with Crippen molar-refractivity contribution < 1.29 is 23.8 Å². The Hall–Kier alpha value is -2.71. The van der Waals surface area contributed by atoms with E-state index in [1.54, 1.807) is 0 Å².